The number of anilines is 1. The molecular formula is C19H21N3O2S. The molecule has 0 saturated carbocycles. The summed E-state index contributed by atoms with van der Waals surface area (Å²) in [5.74, 6) is 1.58. The van der Waals surface area contributed by atoms with Gasteiger partial charge in [-0.15, -0.1) is 0 Å². The summed E-state index contributed by atoms with van der Waals surface area (Å²) in [6.45, 7) is 2.47. The van der Waals surface area contributed by atoms with Crippen LogP contribution in [0.2, 0.25) is 0 Å². The molecule has 0 amide bonds. The summed E-state index contributed by atoms with van der Waals surface area (Å²) >= 11 is 5.31. The van der Waals surface area contributed by atoms with Gasteiger partial charge in [-0.1, -0.05) is 12.1 Å². The molecule has 1 atom stereocenters. The van der Waals surface area contributed by atoms with Gasteiger partial charge in [-0.2, -0.15) is 5.26 Å². The normalized spacial score (nSPS) is 11.1. The molecule has 0 aromatic heterocycles. The van der Waals surface area contributed by atoms with Crippen LogP contribution in [0.15, 0.2) is 48.5 Å². The summed E-state index contributed by atoms with van der Waals surface area (Å²) in [4.78, 5) is 0. The summed E-state index contributed by atoms with van der Waals surface area (Å²) in [6.07, 6.45) is 0.405. The van der Waals surface area contributed by atoms with Crippen molar-refractivity contribution in [1.82, 2.24) is 5.32 Å². The van der Waals surface area contributed by atoms with E-state index in [9.17, 15) is 0 Å². The van der Waals surface area contributed by atoms with Gasteiger partial charge in [0.1, 0.15) is 18.1 Å². The largest absolute Gasteiger partial charge is 0.497 e. The zero-order chi connectivity index (χ0) is 18.1. The average Bonchev–Trinajstić information content (AvgIpc) is 2.62. The number of ether oxygens (including phenoxy) is 2. The Balaban J connectivity index is 1.76. The Morgan fingerprint density at radius 1 is 1.12 bits per heavy atom. The molecule has 0 radical (unpaired) electrons. The van der Waals surface area contributed by atoms with E-state index in [4.69, 9.17) is 27.0 Å². The number of methoxy groups -OCH3 is 1. The lowest BCUT2D eigenvalue weighted by Crippen LogP contribution is -2.39. The number of nitrogens with zero attached hydrogens (tertiary/aromatic N) is 1. The maximum atomic E-state index is 8.68. The Kier molecular flexibility index (Phi) is 7.05. The molecule has 130 valence electrons. The topological polar surface area (TPSA) is 66.3 Å². The third kappa shape index (κ3) is 6.32. The van der Waals surface area contributed by atoms with Gasteiger partial charge in [-0.25, -0.2) is 0 Å². The number of hydrogen-bond donors (Lipinski definition) is 2. The van der Waals surface area contributed by atoms with Crippen molar-refractivity contribution >= 4 is 23.0 Å². The van der Waals surface area contributed by atoms with E-state index < -0.39 is 0 Å². The number of rotatable bonds is 7. The quantitative estimate of drug-likeness (QED) is 0.741. The van der Waals surface area contributed by atoms with Crippen molar-refractivity contribution in [2.24, 2.45) is 0 Å². The zero-order valence-electron chi connectivity index (χ0n) is 14.3. The fraction of sp³-hybridized carbons (Fsp3) is 0.263. The lowest BCUT2D eigenvalue weighted by Gasteiger charge is -2.18. The molecule has 0 aliphatic heterocycles. The first kappa shape index (κ1) is 18.6. The highest BCUT2D eigenvalue weighted by atomic mass is 32.1. The van der Waals surface area contributed by atoms with Crippen LogP contribution in [0.25, 0.3) is 0 Å². The molecule has 0 fully saturated rings. The maximum absolute atomic E-state index is 8.68. The minimum atomic E-state index is 0.0416. The van der Waals surface area contributed by atoms with Gasteiger partial charge in [0.05, 0.1) is 25.6 Å². The van der Waals surface area contributed by atoms with Crippen LogP contribution in [0.5, 0.6) is 11.5 Å². The Labute approximate surface area is 153 Å². The highest BCUT2D eigenvalue weighted by Gasteiger charge is 2.06. The molecule has 2 aromatic rings. The van der Waals surface area contributed by atoms with Crippen molar-refractivity contribution in [1.29, 1.82) is 5.26 Å². The first-order chi connectivity index (χ1) is 12.1. The fourth-order valence-corrected chi connectivity index (χ4v) is 2.44. The standard InChI is InChI=1S/C19H21N3O2S/c1-14(13-24-18-9-7-17(23-2)8-10-18)21-19(25)22-16-5-3-15(4-6-16)11-12-20/h3-10,14H,11,13H2,1-2H3,(H2,21,22,25)/t14-/m0/s1. The molecule has 6 heteroatoms. The van der Waals surface area contributed by atoms with E-state index in [0.717, 1.165) is 22.7 Å². The second-order valence-corrected chi connectivity index (χ2v) is 5.93. The van der Waals surface area contributed by atoms with Crippen LogP contribution >= 0.6 is 12.2 Å². The highest BCUT2D eigenvalue weighted by Crippen LogP contribution is 2.17. The van der Waals surface area contributed by atoms with Crippen LogP contribution in [0, 0.1) is 11.3 Å². The van der Waals surface area contributed by atoms with E-state index in [0.29, 0.717) is 18.1 Å². The van der Waals surface area contributed by atoms with Crippen LogP contribution in [0.4, 0.5) is 5.69 Å². The van der Waals surface area contributed by atoms with Crippen LogP contribution < -0.4 is 20.1 Å². The van der Waals surface area contributed by atoms with Gasteiger partial charge in [0.15, 0.2) is 5.11 Å². The number of hydrogen-bond acceptors (Lipinski definition) is 4. The van der Waals surface area contributed by atoms with Crippen molar-refractivity contribution in [3.8, 4) is 17.6 Å². The Morgan fingerprint density at radius 2 is 1.76 bits per heavy atom. The molecule has 0 aliphatic rings. The molecule has 0 aliphatic carbocycles. The molecule has 2 rings (SSSR count). The Hall–Kier alpha value is -2.78. The van der Waals surface area contributed by atoms with Crippen LogP contribution in [-0.2, 0) is 6.42 Å². The molecule has 2 N–H and O–H groups in total. The van der Waals surface area contributed by atoms with E-state index in [-0.39, 0.29) is 6.04 Å². The molecule has 0 unspecified atom stereocenters. The maximum Gasteiger partial charge on any atom is 0.171 e. The molecule has 0 heterocycles. The Bertz CT molecular complexity index is 724. The van der Waals surface area contributed by atoms with Gasteiger partial charge in [0, 0.05) is 5.69 Å². The van der Waals surface area contributed by atoms with Gasteiger partial charge in [0.2, 0.25) is 0 Å². The number of thiocarbonyl (C=S) groups is 1. The van der Waals surface area contributed by atoms with Crippen molar-refractivity contribution < 1.29 is 9.47 Å². The smallest absolute Gasteiger partial charge is 0.171 e. The lowest BCUT2D eigenvalue weighted by molar-refractivity contribution is 0.286. The second kappa shape index (κ2) is 9.50. The second-order valence-electron chi connectivity index (χ2n) is 5.52. The summed E-state index contributed by atoms with van der Waals surface area (Å²) in [5, 5.41) is 15.5. The SMILES string of the molecule is COc1ccc(OC[C@H](C)NC(=S)Nc2ccc(CC#N)cc2)cc1. The Morgan fingerprint density at radius 3 is 2.36 bits per heavy atom. The van der Waals surface area contributed by atoms with Crippen molar-refractivity contribution in [3.05, 3.63) is 54.1 Å². The van der Waals surface area contributed by atoms with Gasteiger partial charge in [0.25, 0.3) is 0 Å². The van der Waals surface area contributed by atoms with E-state index >= 15 is 0 Å². The number of nitriles is 1. The monoisotopic (exact) mass is 355 g/mol. The van der Waals surface area contributed by atoms with Crippen molar-refractivity contribution in [2.45, 2.75) is 19.4 Å². The fourth-order valence-electron chi connectivity index (χ4n) is 2.12. The van der Waals surface area contributed by atoms with Crippen molar-refractivity contribution in [3.63, 3.8) is 0 Å². The first-order valence-electron chi connectivity index (χ1n) is 7.91. The van der Waals surface area contributed by atoms with Gasteiger partial charge in [-0.3, -0.25) is 0 Å². The molecule has 0 saturated heterocycles. The highest BCUT2D eigenvalue weighted by molar-refractivity contribution is 7.80. The van der Waals surface area contributed by atoms with Gasteiger partial charge >= 0.3 is 0 Å². The third-order valence-corrected chi connectivity index (χ3v) is 3.65. The number of benzene rings is 2. The summed E-state index contributed by atoms with van der Waals surface area (Å²) < 4.78 is 10.8. The predicted octanol–water partition coefficient (Wildman–Crippen LogP) is 3.52. The van der Waals surface area contributed by atoms with Crippen LogP contribution in [0.1, 0.15) is 12.5 Å². The first-order valence-corrected chi connectivity index (χ1v) is 8.32. The van der Waals surface area contributed by atoms with Crippen molar-refractivity contribution in [2.75, 3.05) is 19.0 Å². The summed E-state index contributed by atoms with van der Waals surface area (Å²) in [6, 6.07) is 17.2. The lowest BCUT2D eigenvalue weighted by atomic mass is 10.1. The minimum absolute atomic E-state index is 0.0416. The average molecular weight is 355 g/mol. The molecule has 5 nitrogen and oxygen atoms in total. The predicted molar refractivity (Wildman–Crippen MR) is 103 cm³/mol. The third-order valence-electron chi connectivity index (χ3n) is 3.43. The van der Waals surface area contributed by atoms with E-state index in [1.54, 1.807) is 7.11 Å². The summed E-state index contributed by atoms with van der Waals surface area (Å²) in [5.41, 5.74) is 1.86. The van der Waals surface area contributed by atoms with E-state index in [1.807, 2.05) is 55.5 Å². The van der Waals surface area contributed by atoms with Crippen LogP contribution in [0.3, 0.4) is 0 Å². The number of nitrogens with one attached hydrogen (secondary N) is 2. The van der Waals surface area contributed by atoms with Gasteiger partial charge in [-0.05, 0) is 61.1 Å². The van der Waals surface area contributed by atoms with E-state index in [1.165, 1.54) is 0 Å². The molecule has 0 spiro atoms. The molecule has 2 aromatic carbocycles. The molecular weight excluding hydrogens is 334 g/mol. The van der Waals surface area contributed by atoms with Gasteiger partial charge < -0.3 is 20.1 Å². The van der Waals surface area contributed by atoms with Crippen LogP contribution in [-0.4, -0.2) is 24.9 Å². The van der Waals surface area contributed by atoms with E-state index in [2.05, 4.69) is 16.7 Å². The summed E-state index contributed by atoms with van der Waals surface area (Å²) in [7, 11) is 1.63. The molecule has 25 heavy (non-hydrogen) atoms. The zero-order valence-corrected chi connectivity index (χ0v) is 15.1. The minimum Gasteiger partial charge on any atom is -0.497 e. The molecule has 0 bridgehead atoms.